The second-order valence-electron chi connectivity index (χ2n) is 4.27. The fraction of sp³-hybridized carbons (Fsp3) is 0.417. The molecule has 2 rings (SSSR count). The number of halogens is 1. The number of amides is 1. The molecule has 5 nitrogen and oxygen atoms in total. The van der Waals surface area contributed by atoms with Crippen molar-refractivity contribution in [3.05, 3.63) is 29.8 Å². The minimum Gasteiger partial charge on any atom is -0.481 e. The minimum atomic E-state index is -0.814. The van der Waals surface area contributed by atoms with Gasteiger partial charge >= 0.3 is 5.97 Å². The molecule has 1 aliphatic heterocycles. The Morgan fingerprint density at radius 3 is 2.50 bits per heavy atom. The van der Waals surface area contributed by atoms with Gasteiger partial charge in [-0.05, 0) is 25.0 Å². The number of aromatic nitrogens is 1. The zero-order chi connectivity index (χ0) is 13.1. The summed E-state index contributed by atoms with van der Waals surface area (Å²) < 4.78 is 12.6. The van der Waals surface area contributed by atoms with Gasteiger partial charge < -0.3 is 10.0 Å². The molecule has 1 aromatic rings. The van der Waals surface area contributed by atoms with E-state index in [0.29, 0.717) is 31.5 Å². The van der Waals surface area contributed by atoms with Crippen molar-refractivity contribution in [2.45, 2.75) is 12.8 Å². The van der Waals surface area contributed by atoms with Crippen molar-refractivity contribution >= 4 is 11.9 Å². The van der Waals surface area contributed by atoms with Gasteiger partial charge in [-0.1, -0.05) is 0 Å². The first-order valence-corrected chi connectivity index (χ1v) is 5.71. The Labute approximate surface area is 103 Å². The number of carboxylic acids is 1. The van der Waals surface area contributed by atoms with E-state index in [4.69, 9.17) is 5.11 Å². The number of hydrogen-bond donors (Lipinski definition) is 1. The predicted molar refractivity (Wildman–Crippen MR) is 60.5 cm³/mol. The van der Waals surface area contributed by atoms with Gasteiger partial charge in [-0.2, -0.15) is 4.39 Å². The van der Waals surface area contributed by atoms with Crippen LogP contribution in [0.4, 0.5) is 4.39 Å². The molecule has 6 heteroatoms. The van der Waals surface area contributed by atoms with E-state index in [0.717, 1.165) is 6.07 Å². The maximum Gasteiger partial charge on any atom is 0.306 e. The summed E-state index contributed by atoms with van der Waals surface area (Å²) in [5.74, 6) is -2.05. The van der Waals surface area contributed by atoms with E-state index in [1.54, 1.807) is 4.90 Å². The van der Waals surface area contributed by atoms with E-state index in [1.165, 1.54) is 12.3 Å². The Morgan fingerprint density at radius 1 is 1.33 bits per heavy atom. The van der Waals surface area contributed by atoms with Crippen molar-refractivity contribution in [1.82, 2.24) is 9.88 Å². The van der Waals surface area contributed by atoms with Crippen LogP contribution in [0.2, 0.25) is 0 Å². The van der Waals surface area contributed by atoms with Gasteiger partial charge in [0.05, 0.1) is 11.5 Å². The fourth-order valence-electron chi connectivity index (χ4n) is 2.01. The molecule has 0 aromatic carbocycles. The fourth-order valence-corrected chi connectivity index (χ4v) is 2.01. The van der Waals surface area contributed by atoms with Crippen LogP contribution in [-0.4, -0.2) is 40.0 Å². The number of carbonyl (C=O) groups excluding carboxylic acids is 1. The van der Waals surface area contributed by atoms with Crippen molar-refractivity contribution in [2.24, 2.45) is 5.92 Å². The predicted octanol–water partition coefficient (Wildman–Crippen LogP) is 1.16. The highest BCUT2D eigenvalue weighted by Crippen LogP contribution is 2.19. The molecule has 96 valence electrons. The van der Waals surface area contributed by atoms with E-state index < -0.39 is 11.9 Å². The largest absolute Gasteiger partial charge is 0.481 e. The smallest absolute Gasteiger partial charge is 0.306 e. The molecule has 0 radical (unpaired) electrons. The van der Waals surface area contributed by atoms with Gasteiger partial charge in [0.25, 0.3) is 5.91 Å². The van der Waals surface area contributed by atoms with Crippen LogP contribution in [0.25, 0.3) is 0 Å². The summed E-state index contributed by atoms with van der Waals surface area (Å²) in [5, 5.41) is 8.86. The molecule has 18 heavy (non-hydrogen) atoms. The average molecular weight is 252 g/mol. The number of likely N-dealkylation sites (tertiary alicyclic amines) is 1. The summed E-state index contributed by atoms with van der Waals surface area (Å²) in [4.78, 5) is 27.8. The third-order valence-corrected chi connectivity index (χ3v) is 3.11. The Kier molecular flexibility index (Phi) is 3.55. The van der Waals surface area contributed by atoms with Gasteiger partial charge in [0, 0.05) is 19.3 Å². The lowest BCUT2D eigenvalue weighted by Crippen LogP contribution is -2.40. The summed E-state index contributed by atoms with van der Waals surface area (Å²) in [6.07, 6.45) is 2.10. The number of pyridine rings is 1. The van der Waals surface area contributed by atoms with E-state index in [9.17, 15) is 14.0 Å². The highest BCUT2D eigenvalue weighted by molar-refractivity contribution is 5.94. The molecule has 1 saturated heterocycles. The van der Waals surface area contributed by atoms with Crippen molar-refractivity contribution in [3.63, 3.8) is 0 Å². The van der Waals surface area contributed by atoms with Crippen LogP contribution < -0.4 is 0 Å². The van der Waals surface area contributed by atoms with Gasteiger partial charge in [-0.15, -0.1) is 0 Å². The molecule has 0 unspecified atom stereocenters. The molecule has 1 aromatic heterocycles. The molecule has 0 spiro atoms. The van der Waals surface area contributed by atoms with Crippen LogP contribution in [0.3, 0.4) is 0 Å². The lowest BCUT2D eigenvalue weighted by Gasteiger charge is -2.30. The Hall–Kier alpha value is -1.98. The number of carboxylic acid groups (broad SMARTS) is 1. The SMILES string of the molecule is O=C(O)C1CCN(C(=O)c2ccc(F)nc2)CC1. The van der Waals surface area contributed by atoms with Crippen molar-refractivity contribution in [3.8, 4) is 0 Å². The maximum absolute atomic E-state index is 12.6. The van der Waals surface area contributed by atoms with Crippen molar-refractivity contribution < 1.29 is 19.1 Å². The number of nitrogens with zero attached hydrogens (tertiary/aromatic N) is 2. The summed E-state index contributed by atoms with van der Waals surface area (Å²) in [6.45, 7) is 0.820. The quantitative estimate of drug-likeness (QED) is 0.802. The summed E-state index contributed by atoms with van der Waals surface area (Å²) >= 11 is 0. The van der Waals surface area contributed by atoms with E-state index >= 15 is 0 Å². The van der Waals surface area contributed by atoms with Crippen LogP contribution in [0.5, 0.6) is 0 Å². The Morgan fingerprint density at radius 2 is 2.00 bits per heavy atom. The third-order valence-electron chi connectivity index (χ3n) is 3.11. The summed E-state index contributed by atoms with van der Waals surface area (Å²) in [6, 6.07) is 2.52. The van der Waals surface area contributed by atoms with Gasteiger partial charge in [0.2, 0.25) is 5.95 Å². The Balaban J connectivity index is 1.99. The molecule has 0 saturated carbocycles. The van der Waals surface area contributed by atoms with Crippen LogP contribution in [0.1, 0.15) is 23.2 Å². The molecular weight excluding hydrogens is 239 g/mol. The zero-order valence-electron chi connectivity index (χ0n) is 9.67. The van der Waals surface area contributed by atoms with E-state index in [-0.39, 0.29) is 11.8 Å². The van der Waals surface area contributed by atoms with E-state index in [1.807, 2.05) is 0 Å². The highest BCUT2D eigenvalue weighted by Gasteiger charge is 2.27. The van der Waals surface area contributed by atoms with Gasteiger partial charge in [-0.3, -0.25) is 9.59 Å². The zero-order valence-corrected chi connectivity index (χ0v) is 9.67. The molecule has 1 N–H and O–H groups in total. The van der Waals surface area contributed by atoms with Crippen molar-refractivity contribution in [2.75, 3.05) is 13.1 Å². The molecule has 0 bridgehead atoms. The third kappa shape index (κ3) is 2.64. The van der Waals surface area contributed by atoms with Gasteiger partial charge in [0.1, 0.15) is 0 Å². The standard InChI is InChI=1S/C12H13FN2O3/c13-10-2-1-9(7-14-10)11(16)15-5-3-8(4-6-15)12(17)18/h1-2,7-8H,3-6H2,(H,17,18). The minimum absolute atomic E-state index is 0.230. The lowest BCUT2D eigenvalue weighted by molar-refractivity contribution is -0.143. The van der Waals surface area contributed by atoms with Crippen LogP contribution >= 0.6 is 0 Å². The van der Waals surface area contributed by atoms with Crippen LogP contribution in [0, 0.1) is 11.9 Å². The average Bonchev–Trinajstić information content (AvgIpc) is 2.39. The molecule has 2 heterocycles. The molecule has 1 aliphatic rings. The normalized spacial score (nSPS) is 16.6. The summed E-state index contributed by atoms with van der Waals surface area (Å²) in [7, 11) is 0. The highest BCUT2D eigenvalue weighted by atomic mass is 19.1. The number of carbonyl (C=O) groups is 2. The molecule has 0 atom stereocenters. The first-order valence-electron chi connectivity index (χ1n) is 5.71. The van der Waals surface area contributed by atoms with Gasteiger partial charge in [-0.25, -0.2) is 4.98 Å². The van der Waals surface area contributed by atoms with Crippen molar-refractivity contribution in [1.29, 1.82) is 0 Å². The monoisotopic (exact) mass is 252 g/mol. The molecular formula is C12H13FN2O3. The van der Waals surface area contributed by atoms with Crippen LogP contribution in [0.15, 0.2) is 18.3 Å². The topological polar surface area (TPSA) is 70.5 Å². The molecule has 1 amide bonds. The van der Waals surface area contributed by atoms with Gasteiger partial charge in [0.15, 0.2) is 0 Å². The first kappa shape index (κ1) is 12.5. The number of piperidine rings is 1. The lowest BCUT2D eigenvalue weighted by atomic mass is 9.97. The number of aliphatic carboxylic acids is 1. The number of hydrogen-bond acceptors (Lipinski definition) is 3. The second-order valence-corrected chi connectivity index (χ2v) is 4.27. The second kappa shape index (κ2) is 5.12. The Bertz CT molecular complexity index is 453. The number of rotatable bonds is 2. The van der Waals surface area contributed by atoms with E-state index in [2.05, 4.69) is 4.98 Å². The summed E-state index contributed by atoms with van der Waals surface area (Å²) in [5.41, 5.74) is 0.324. The molecule has 0 aliphatic carbocycles. The molecule has 1 fully saturated rings. The van der Waals surface area contributed by atoms with Crippen LogP contribution in [-0.2, 0) is 4.79 Å². The maximum atomic E-state index is 12.6. The first-order chi connectivity index (χ1) is 8.58.